The summed E-state index contributed by atoms with van der Waals surface area (Å²) in [7, 11) is -1.04. The molecular weight excluding hydrogens is 305 g/mol. The quantitative estimate of drug-likeness (QED) is 0.665. The fraction of sp³-hybridized carbons (Fsp3) is 0.818. The summed E-state index contributed by atoms with van der Waals surface area (Å²) >= 11 is -3.07. The minimum absolute atomic E-state index is 1.04. The summed E-state index contributed by atoms with van der Waals surface area (Å²) in [5, 5.41) is 0. The zero-order valence-electron chi connectivity index (χ0n) is 11.6. The molecule has 0 aliphatic rings. The second-order valence-corrected chi connectivity index (χ2v) is 34.6. The van der Waals surface area contributed by atoms with Gasteiger partial charge in [-0.2, -0.15) is 0 Å². The first-order valence-electron chi connectivity index (χ1n) is 5.58. The van der Waals surface area contributed by atoms with Crippen LogP contribution >= 0.6 is 0 Å². The van der Waals surface area contributed by atoms with Gasteiger partial charge in [-0.3, -0.25) is 0 Å². The van der Waals surface area contributed by atoms with Gasteiger partial charge in [-0.25, -0.2) is 0 Å². The van der Waals surface area contributed by atoms with E-state index in [0.717, 1.165) is 0 Å². The Kier molecular flexibility index (Phi) is 4.83. The second kappa shape index (κ2) is 4.50. The van der Waals surface area contributed by atoms with Crippen molar-refractivity contribution in [3.63, 3.8) is 0 Å². The summed E-state index contributed by atoms with van der Waals surface area (Å²) in [4.78, 5) is 2.77. The third-order valence-electron chi connectivity index (χ3n) is 2.19. The maximum atomic E-state index is 2.77. The van der Waals surface area contributed by atoms with Crippen LogP contribution in [0.15, 0.2) is 8.94 Å². The molecule has 0 rings (SSSR count). The first kappa shape index (κ1) is 15.0. The molecule has 0 aromatic carbocycles. The molecule has 0 saturated heterocycles. The van der Waals surface area contributed by atoms with Crippen molar-refractivity contribution in [2.45, 2.75) is 54.2 Å². The molecule has 0 amide bonds. The predicted octanol–water partition coefficient (Wildman–Crippen LogP) is 4.55. The van der Waals surface area contributed by atoms with Crippen LogP contribution < -0.4 is 0 Å². The molecule has 0 aromatic rings. The third-order valence-corrected chi connectivity index (χ3v) is 20.6. The van der Waals surface area contributed by atoms with Crippen LogP contribution in [0.25, 0.3) is 0 Å². The molecule has 3 heteroatoms. The molecule has 0 N–H and O–H groups in total. The molecule has 0 nitrogen and oxygen atoms in total. The van der Waals surface area contributed by atoms with E-state index >= 15 is 0 Å². The van der Waals surface area contributed by atoms with E-state index in [4.69, 9.17) is 0 Å². The Balaban J connectivity index is 5.26. The molecule has 0 aliphatic carbocycles. The second-order valence-electron chi connectivity index (χ2n) is 7.42. The van der Waals surface area contributed by atoms with Gasteiger partial charge in [0.15, 0.2) is 0 Å². The molecule has 0 fully saturated rings. The molecule has 0 unspecified atom stereocenters. The van der Waals surface area contributed by atoms with Crippen molar-refractivity contribution in [1.82, 2.24) is 0 Å². The van der Waals surface area contributed by atoms with E-state index in [9.17, 15) is 0 Å². The predicted molar refractivity (Wildman–Crippen MR) is 78.1 cm³/mol. The van der Waals surface area contributed by atoms with Crippen molar-refractivity contribution >= 4 is 34.6 Å². The number of hydrogen-bond donors (Lipinski definition) is 0. The van der Waals surface area contributed by atoms with Gasteiger partial charge in [0.1, 0.15) is 0 Å². The Morgan fingerprint density at radius 2 is 1.21 bits per heavy atom. The molecule has 0 spiro atoms. The zero-order chi connectivity index (χ0) is 11.8. The van der Waals surface area contributed by atoms with Crippen LogP contribution in [-0.2, 0) is 0 Å². The molecule has 0 aliphatic heterocycles. The standard InChI is InChI=1S/C11H28Ge2Si/c1-12(2,3)10-11(13(4,5)6)14(7,8)9/h10H,1-9H3/b11-10+. The van der Waals surface area contributed by atoms with E-state index in [1.54, 1.807) is 0 Å². The van der Waals surface area contributed by atoms with Crippen LogP contribution in [0.1, 0.15) is 0 Å². The minimum atomic E-state index is -1.57. The average Bonchev–Trinajstić information content (AvgIpc) is 1.75. The summed E-state index contributed by atoms with van der Waals surface area (Å²) in [5.74, 6) is 15.2. The van der Waals surface area contributed by atoms with Gasteiger partial charge in [-0.15, -0.1) is 0 Å². The molecule has 0 radical (unpaired) electrons. The van der Waals surface area contributed by atoms with E-state index in [-0.39, 0.29) is 0 Å². The monoisotopic (exact) mass is 336 g/mol. The van der Waals surface area contributed by atoms with E-state index < -0.39 is 34.6 Å². The summed E-state index contributed by atoms with van der Waals surface area (Å²) in [6.07, 6.45) is 0. The van der Waals surface area contributed by atoms with Gasteiger partial charge < -0.3 is 0 Å². The topological polar surface area (TPSA) is 0 Å². The molecular formula is C11H28Ge2Si. The Hall–Kier alpha value is 1.04. The molecule has 0 atom stereocenters. The van der Waals surface area contributed by atoms with Gasteiger partial charge in [0.25, 0.3) is 0 Å². The third kappa shape index (κ3) is 5.81. The van der Waals surface area contributed by atoms with Gasteiger partial charge in [-0.05, 0) is 0 Å². The van der Waals surface area contributed by atoms with Crippen molar-refractivity contribution < 1.29 is 0 Å². The maximum absolute atomic E-state index is 2.77. The van der Waals surface area contributed by atoms with Crippen LogP contribution in [0.4, 0.5) is 0 Å². The van der Waals surface area contributed by atoms with Crippen LogP contribution in [0.5, 0.6) is 0 Å². The van der Waals surface area contributed by atoms with E-state index in [1.165, 1.54) is 0 Å². The van der Waals surface area contributed by atoms with Crippen LogP contribution in [-0.4, -0.2) is 34.6 Å². The van der Waals surface area contributed by atoms with Gasteiger partial charge in [0.05, 0.1) is 0 Å². The van der Waals surface area contributed by atoms with E-state index in [0.29, 0.717) is 0 Å². The number of rotatable bonds is 3. The molecule has 0 saturated carbocycles. The SMILES string of the molecule is C[Si](C)(C)/[C](=[CH]/[Ge]([CH3])([CH3])[CH3])[Ge]([CH3])([CH3])[CH3]. The van der Waals surface area contributed by atoms with Crippen molar-refractivity contribution in [1.29, 1.82) is 0 Å². The molecule has 0 aromatic heterocycles. The average molecular weight is 334 g/mol. The fourth-order valence-electron chi connectivity index (χ4n) is 1.99. The van der Waals surface area contributed by atoms with Gasteiger partial charge in [0, 0.05) is 0 Å². The molecule has 84 valence electrons. The van der Waals surface area contributed by atoms with Crippen LogP contribution in [0, 0.1) is 0 Å². The zero-order valence-corrected chi connectivity index (χ0v) is 16.8. The Morgan fingerprint density at radius 3 is 1.29 bits per heavy atom. The summed E-state index contributed by atoms with van der Waals surface area (Å²) in [6.45, 7) is 7.55. The van der Waals surface area contributed by atoms with E-state index in [1.807, 2.05) is 4.03 Å². The van der Waals surface area contributed by atoms with Crippen LogP contribution in [0.2, 0.25) is 54.2 Å². The first-order chi connectivity index (χ1) is 5.84. The van der Waals surface area contributed by atoms with Gasteiger partial charge >= 0.3 is 97.7 Å². The Bertz CT molecular complexity index is 207. The van der Waals surface area contributed by atoms with E-state index in [2.05, 4.69) is 59.1 Å². The Morgan fingerprint density at radius 1 is 0.857 bits per heavy atom. The summed E-state index contributed by atoms with van der Waals surface area (Å²) in [6, 6.07) is 0. The summed E-state index contributed by atoms with van der Waals surface area (Å²) in [5.41, 5.74) is 0. The molecule has 0 bridgehead atoms. The molecule has 0 heterocycles. The number of hydrogen-bond acceptors (Lipinski definition) is 0. The summed E-state index contributed by atoms with van der Waals surface area (Å²) < 4.78 is 1.96. The van der Waals surface area contributed by atoms with Gasteiger partial charge in [-0.1, -0.05) is 0 Å². The van der Waals surface area contributed by atoms with Crippen molar-refractivity contribution in [2.75, 3.05) is 0 Å². The van der Waals surface area contributed by atoms with Crippen molar-refractivity contribution in [2.24, 2.45) is 0 Å². The van der Waals surface area contributed by atoms with Crippen molar-refractivity contribution in [3.8, 4) is 0 Å². The van der Waals surface area contributed by atoms with Crippen molar-refractivity contribution in [3.05, 3.63) is 8.94 Å². The van der Waals surface area contributed by atoms with Gasteiger partial charge in [0.2, 0.25) is 0 Å². The Labute approximate surface area is 97.3 Å². The van der Waals surface area contributed by atoms with Crippen LogP contribution in [0.3, 0.4) is 0 Å². The normalized spacial score (nSPS) is 15.9. The molecule has 14 heavy (non-hydrogen) atoms. The first-order valence-corrected chi connectivity index (χ1v) is 23.9. The fourth-order valence-corrected chi connectivity index (χ4v) is 36.0.